The molecule has 1 N–H and O–H groups in total. The predicted octanol–water partition coefficient (Wildman–Crippen LogP) is 2.21. The summed E-state index contributed by atoms with van der Waals surface area (Å²) >= 11 is 0. The molecule has 0 saturated carbocycles. The van der Waals surface area contributed by atoms with Crippen LogP contribution in [-0.2, 0) is 0 Å². The van der Waals surface area contributed by atoms with Crippen molar-refractivity contribution in [2.45, 2.75) is 19.4 Å². The zero-order chi connectivity index (χ0) is 13.4. The lowest BCUT2D eigenvalue weighted by molar-refractivity contribution is 0.576. The van der Waals surface area contributed by atoms with Crippen molar-refractivity contribution < 1.29 is 0 Å². The molecule has 4 nitrogen and oxygen atoms in total. The fourth-order valence-corrected chi connectivity index (χ4v) is 2.05. The molecule has 0 aliphatic heterocycles. The van der Waals surface area contributed by atoms with Gasteiger partial charge in [0.2, 0.25) is 0 Å². The summed E-state index contributed by atoms with van der Waals surface area (Å²) < 4.78 is 0. The van der Waals surface area contributed by atoms with Crippen LogP contribution in [0.1, 0.15) is 24.9 Å². The molecule has 0 spiro atoms. The van der Waals surface area contributed by atoms with E-state index in [9.17, 15) is 0 Å². The Morgan fingerprint density at radius 2 is 1.83 bits per heavy atom. The molecule has 1 rings (SSSR count). The van der Waals surface area contributed by atoms with E-state index in [4.69, 9.17) is 10.5 Å². The van der Waals surface area contributed by atoms with Gasteiger partial charge in [-0.25, -0.2) is 0 Å². The standard InChI is InChI=1S/C14H18N4/c1-3-13(17-2)12-6-4-5-7-14(12)18(10-8-15)11-9-16/h4-7,13,17H,3,10-11H2,1-2H3. The van der Waals surface area contributed by atoms with Crippen LogP contribution in [0.25, 0.3) is 0 Å². The first-order valence-electron chi connectivity index (χ1n) is 6.03. The van der Waals surface area contributed by atoms with Crippen LogP contribution in [0, 0.1) is 22.7 Å². The first-order chi connectivity index (χ1) is 8.78. The minimum absolute atomic E-state index is 0.227. The van der Waals surface area contributed by atoms with E-state index in [1.165, 1.54) is 0 Å². The van der Waals surface area contributed by atoms with E-state index in [1.807, 2.05) is 31.3 Å². The maximum absolute atomic E-state index is 8.85. The van der Waals surface area contributed by atoms with Gasteiger partial charge in [-0.3, -0.25) is 0 Å². The molecule has 1 atom stereocenters. The van der Waals surface area contributed by atoms with Crippen molar-refractivity contribution in [3.63, 3.8) is 0 Å². The molecule has 1 aromatic rings. The van der Waals surface area contributed by atoms with Crippen molar-refractivity contribution in [3.05, 3.63) is 29.8 Å². The van der Waals surface area contributed by atoms with Crippen molar-refractivity contribution in [1.29, 1.82) is 10.5 Å². The highest BCUT2D eigenvalue weighted by molar-refractivity contribution is 5.56. The zero-order valence-electron chi connectivity index (χ0n) is 10.8. The van der Waals surface area contributed by atoms with Gasteiger partial charge in [0.15, 0.2) is 0 Å². The van der Waals surface area contributed by atoms with Gasteiger partial charge in [0.25, 0.3) is 0 Å². The second kappa shape index (κ2) is 7.32. The van der Waals surface area contributed by atoms with Gasteiger partial charge in [0.05, 0.1) is 12.1 Å². The lowest BCUT2D eigenvalue weighted by Crippen LogP contribution is -2.27. The van der Waals surface area contributed by atoms with Gasteiger partial charge in [-0.05, 0) is 25.1 Å². The minimum Gasteiger partial charge on any atom is -0.345 e. The lowest BCUT2D eigenvalue weighted by Gasteiger charge is -2.25. The molecule has 1 unspecified atom stereocenters. The number of hydrogen-bond acceptors (Lipinski definition) is 4. The third-order valence-electron chi connectivity index (χ3n) is 2.93. The third kappa shape index (κ3) is 3.23. The quantitative estimate of drug-likeness (QED) is 0.777. The summed E-state index contributed by atoms with van der Waals surface area (Å²) in [7, 11) is 1.92. The molecule has 0 amide bonds. The number of nitrogens with zero attached hydrogens (tertiary/aromatic N) is 3. The molecular formula is C14H18N4. The third-order valence-corrected chi connectivity index (χ3v) is 2.93. The summed E-state index contributed by atoms with van der Waals surface area (Å²) in [4.78, 5) is 1.80. The Bertz CT molecular complexity index is 436. The summed E-state index contributed by atoms with van der Waals surface area (Å²) in [5.41, 5.74) is 2.09. The van der Waals surface area contributed by atoms with Gasteiger partial charge in [0.1, 0.15) is 13.1 Å². The van der Waals surface area contributed by atoms with Crippen molar-refractivity contribution >= 4 is 5.69 Å². The van der Waals surface area contributed by atoms with Crippen LogP contribution >= 0.6 is 0 Å². The first-order valence-corrected chi connectivity index (χ1v) is 6.03. The molecule has 0 radical (unpaired) electrons. The normalized spacial score (nSPS) is 11.3. The molecule has 0 fully saturated rings. The van der Waals surface area contributed by atoms with Gasteiger partial charge in [0, 0.05) is 11.7 Å². The Kier molecular flexibility index (Phi) is 5.70. The Morgan fingerprint density at radius 3 is 2.33 bits per heavy atom. The number of nitriles is 2. The molecule has 0 aromatic heterocycles. The number of anilines is 1. The minimum atomic E-state index is 0.227. The SMILES string of the molecule is CCC(NC)c1ccccc1N(CC#N)CC#N. The fraction of sp³-hybridized carbons (Fsp3) is 0.429. The molecule has 0 bridgehead atoms. The van der Waals surface area contributed by atoms with Crippen LogP contribution in [0.2, 0.25) is 0 Å². The average molecular weight is 242 g/mol. The largest absolute Gasteiger partial charge is 0.345 e. The fourth-order valence-electron chi connectivity index (χ4n) is 2.05. The molecule has 0 heterocycles. The van der Waals surface area contributed by atoms with Crippen LogP contribution in [0.15, 0.2) is 24.3 Å². The predicted molar refractivity (Wildman–Crippen MR) is 72.0 cm³/mol. The Morgan fingerprint density at radius 1 is 1.22 bits per heavy atom. The Labute approximate surface area is 108 Å². The van der Waals surface area contributed by atoms with E-state index in [1.54, 1.807) is 4.90 Å². The van der Waals surface area contributed by atoms with E-state index in [2.05, 4.69) is 24.4 Å². The highest BCUT2D eigenvalue weighted by Gasteiger charge is 2.15. The van der Waals surface area contributed by atoms with Crippen LogP contribution in [0.4, 0.5) is 5.69 Å². The maximum Gasteiger partial charge on any atom is 0.106 e. The number of benzene rings is 1. The number of rotatable bonds is 6. The van der Waals surface area contributed by atoms with Crippen LogP contribution < -0.4 is 10.2 Å². The molecule has 4 heteroatoms. The van der Waals surface area contributed by atoms with E-state index < -0.39 is 0 Å². The van der Waals surface area contributed by atoms with Gasteiger partial charge in [-0.15, -0.1) is 0 Å². The van der Waals surface area contributed by atoms with Crippen molar-refractivity contribution in [1.82, 2.24) is 5.32 Å². The Balaban J connectivity index is 3.14. The first kappa shape index (κ1) is 14.0. The second-order valence-corrected chi connectivity index (χ2v) is 3.98. The highest BCUT2D eigenvalue weighted by atomic mass is 15.1. The number of hydrogen-bond donors (Lipinski definition) is 1. The van der Waals surface area contributed by atoms with Gasteiger partial charge in [-0.2, -0.15) is 10.5 Å². The van der Waals surface area contributed by atoms with Crippen molar-refractivity contribution in [2.75, 3.05) is 25.0 Å². The number of para-hydroxylation sites is 1. The molecule has 1 aromatic carbocycles. The van der Waals surface area contributed by atoms with E-state index in [0.29, 0.717) is 0 Å². The second-order valence-electron chi connectivity index (χ2n) is 3.98. The summed E-state index contributed by atoms with van der Waals surface area (Å²) in [5.74, 6) is 0. The molecular weight excluding hydrogens is 224 g/mol. The smallest absolute Gasteiger partial charge is 0.106 e. The van der Waals surface area contributed by atoms with Gasteiger partial charge < -0.3 is 10.2 Å². The summed E-state index contributed by atoms with van der Waals surface area (Å²) in [6.07, 6.45) is 0.959. The average Bonchev–Trinajstić information content (AvgIpc) is 2.41. The zero-order valence-corrected chi connectivity index (χ0v) is 10.8. The molecule has 94 valence electrons. The van der Waals surface area contributed by atoms with Gasteiger partial charge >= 0.3 is 0 Å². The Hall–Kier alpha value is -2.04. The number of nitrogens with one attached hydrogen (secondary N) is 1. The lowest BCUT2D eigenvalue weighted by atomic mass is 10.0. The van der Waals surface area contributed by atoms with E-state index in [-0.39, 0.29) is 19.1 Å². The molecule has 18 heavy (non-hydrogen) atoms. The maximum atomic E-state index is 8.85. The van der Waals surface area contributed by atoms with Crippen LogP contribution in [0.5, 0.6) is 0 Å². The molecule has 0 aliphatic carbocycles. The van der Waals surface area contributed by atoms with Crippen molar-refractivity contribution in [2.24, 2.45) is 0 Å². The van der Waals surface area contributed by atoms with Gasteiger partial charge in [-0.1, -0.05) is 25.1 Å². The van der Waals surface area contributed by atoms with E-state index in [0.717, 1.165) is 17.7 Å². The molecule has 0 aliphatic rings. The molecule has 0 saturated heterocycles. The monoisotopic (exact) mass is 242 g/mol. The topological polar surface area (TPSA) is 62.9 Å². The summed E-state index contributed by atoms with van der Waals surface area (Å²) in [6, 6.07) is 12.4. The summed E-state index contributed by atoms with van der Waals surface area (Å²) in [6.45, 7) is 2.56. The van der Waals surface area contributed by atoms with E-state index >= 15 is 0 Å². The van der Waals surface area contributed by atoms with Crippen LogP contribution in [-0.4, -0.2) is 20.1 Å². The van der Waals surface area contributed by atoms with Crippen LogP contribution in [0.3, 0.4) is 0 Å². The van der Waals surface area contributed by atoms with Crippen molar-refractivity contribution in [3.8, 4) is 12.1 Å². The highest BCUT2D eigenvalue weighted by Crippen LogP contribution is 2.27. The summed E-state index contributed by atoms with van der Waals surface area (Å²) in [5, 5.41) is 21.0.